The first-order valence-electron chi connectivity index (χ1n) is 6.07. The van der Waals surface area contributed by atoms with Crippen LogP contribution in [-0.4, -0.2) is 21.0 Å². The minimum absolute atomic E-state index is 0.0681. The van der Waals surface area contributed by atoms with Crippen LogP contribution in [0.3, 0.4) is 0 Å². The van der Waals surface area contributed by atoms with E-state index < -0.39 is 10.9 Å². The molecule has 0 bridgehead atoms. The van der Waals surface area contributed by atoms with Crippen LogP contribution in [0.25, 0.3) is 0 Å². The Morgan fingerprint density at radius 2 is 2.19 bits per heavy atom. The Hall–Kier alpha value is -2.90. The largest absolute Gasteiger partial charge is 0.478 e. The third kappa shape index (κ3) is 3.16. The Morgan fingerprint density at radius 3 is 2.76 bits per heavy atom. The number of carboxylic acid groups (broad SMARTS) is 1. The summed E-state index contributed by atoms with van der Waals surface area (Å²) in [6.45, 7) is 3.36. The van der Waals surface area contributed by atoms with Gasteiger partial charge in [-0.05, 0) is 26.0 Å². The summed E-state index contributed by atoms with van der Waals surface area (Å²) in [7, 11) is 0. The van der Waals surface area contributed by atoms with Crippen LogP contribution in [0.15, 0.2) is 22.6 Å². The molecule has 0 atom stereocenters. The van der Waals surface area contributed by atoms with E-state index in [2.05, 4.69) is 10.3 Å². The van der Waals surface area contributed by atoms with Crippen molar-refractivity contribution < 1.29 is 19.2 Å². The van der Waals surface area contributed by atoms with Crippen molar-refractivity contribution in [1.29, 1.82) is 0 Å². The molecule has 0 fully saturated rings. The fraction of sp³-hybridized carbons (Fsp3) is 0.231. The lowest BCUT2D eigenvalue weighted by Gasteiger charge is -2.05. The summed E-state index contributed by atoms with van der Waals surface area (Å²) < 4.78 is 5.29. The summed E-state index contributed by atoms with van der Waals surface area (Å²) in [6.07, 6.45) is 0. The number of hydrogen-bond acceptors (Lipinski definition) is 6. The van der Waals surface area contributed by atoms with Crippen molar-refractivity contribution >= 4 is 17.5 Å². The van der Waals surface area contributed by atoms with Gasteiger partial charge in [-0.15, -0.1) is 0 Å². The molecular formula is C13H13N3O5. The number of aromatic carboxylic acids is 1. The van der Waals surface area contributed by atoms with Gasteiger partial charge in [-0.3, -0.25) is 10.1 Å². The zero-order valence-corrected chi connectivity index (χ0v) is 11.4. The van der Waals surface area contributed by atoms with Gasteiger partial charge >= 0.3 is 11.7 Å². The van der Waals surface area contributed by atoms with Gasteiger partial charge in [-0.2, -0.15) is 0 Å². The van der Waals surface area contributed by atoms with E-state index in [-0.39, 0.29) is 29.4 Å². The molecule has 0 aromatic carbocycles. The maximum Gasteiger partial charge on any atom is 0.339 e. The molecule has 8 heteroatoms. The second-order valence-corrected chi connectivity index (χ2v) is 4.42. The quantitative estimate of drug-likeness (QED) is 0.641. The van der Waals surface area contributed by atoms with Crippen LogP contribution in [-0.2, 0) is 6.54 Å². The number of anilines is 1. The van der Waals surface area contributed by atoms with Crippen LogP contribution in [0, 0.1) is 24.0 Å². The zero-order valence-electron chi connectivity index (χ0n) is 11.4. The average Bonchev–Trinajstić information content (AvgIpc) is 2.77. The Labute approximate surface area is 119 Å². The fourth-order valence-electron chi connectivity index (χ4n) is 1.84. The van der Waals surface area contributed by atoms with Gasteiger partial charge in [0.05, 0.1) is 11.5 Å². The highest BCUT2D eigenvalue weighted by molar-refractivity contribution is 5.88. The molecule has 0 aliphatic carbocycles. The number of nitrogens with one attached hydrogen (secondary N) is 1. The summed E-state index contributed by atoms with van der Waals surface area (Å²) in [5, 5.41) is 22.6. The van der Waals surface area contributed by atoms with Crippen molar-refractivity contribution in [2.24, 2.45) is 0 Å². The van der Waals surface area contributed by atoms with Crippen molar-refractivity contribution in [1.82, 2.24) is 4.98 Å². The van der Waals surface area contributed by atoms with Gasteiger partial charge in [0.25, 0.3) is 0 Å². The van der Waals surface area contributed by atoms with Gasteiger partial charge in [-0.25, -0.2) is 9.78 Å². The molecule has 21 heavy (non-hydrogen) atoms. The smallest absolute Gasteiger partial charge is 0.339 e. The third-order valence-electron chi connectivity index (χ3n) is 2.84. The molecule has 0 radical (unpaired) electrons. The maximum atomic E-state index is 10.9. The topological polar surface area (TPSA) is 119 Å². The molecule has 0 aliphatic rings. The molecule has 0 amide bonds. The molecule has 2 aromatic heterocycles. The number of pyridine rings is 1. The van der Waals surface area contributed by atoms with Crippen molar-refractivity contribution in [3.05, 3.63) is 51.1 Å². The Bertz CT molecular complexity index is 708. The maximum absolute atomic E-state index is 10.9. The Morgan fingerprint density at radius 1 is 1.48 bits per heavy atom. The highest BCUT2D eigenvalue weighted by atomic mass is 16.6. The van der Waals surface area contributed by atoms with Crippen LogP contribution >= 0.6 is 0 Å². The molecule has 0 unspecified atom stereocenters. The monoisotopic (exact) mass is 291 g/mol. The van der Waals surface area contributed by atoms with Gasteiger partial charge in [0.1, 0.15) is 17.1 Å². The van der Waals surface area contributed by atoms with E-state index in [0.717, 1.165) is 0 Å². The van der Waals surface area contributed by atoms with E-state index in [9.17, 15) is 14.9 Å². The predicted molar refractivity (Wildman–Crippen MR) is 73.4 cm³/mol. The summed E-state index contributed by atoms with van der Waals surface area (Å²) in [4.78, 5) is 25.4. The first kappa shape index (κ1) is 14.5. The molecular weight excluding hydrogens is 278 g/mol. The lowest BCUT2D eigenvalue weighted by molar-refractivity contribution is -0.384. The fourth-order valence-corrected chi connectivity index (χ4v) is 1.84. The second-order valence-electron chi connectivity index (χ2n) is 4.42. The predicted octanol–water partition coefficient (Wildman–Crippen LogP) is 2.51. The van der Waals surface area contributed by atoms with Gasteiger partial charge in [0.2, 0.25) is 5.82 Å². The number of aromatic nitrogens is 1. The van der Waals surface area contributed by atoms with Crippen LogP contribution in [0.5, 0.6) is 0 Å². The summed E-state index contributed by atoms with van der Waals surface area (Å²) in [6, 6.07) is 4.29. The Balaban J connectivity index is 2.20. The molecule has 0 spiro atoms. The normalized spacial score (nSPS) is 10.4. The molecule has 2 N–H and O–H groups in total. The summed E-state index contributed by atoms with van der Waals surface area (Å²) in [5.41, 5.74) is 0.547. The van der Waals surface area contributed by atoms with E-state index in [1.165, 1.54) is 12.1 Å². The highest BCUT2D eigenvalue weighted by Gasteiger charge is 2.17. The van der Waals surface area contributed by atoms with Crippen LogP contribution in [0.2, 0.25) is 0 Å². The number of hydrogen-bond donors (Lipinski definition) is 2. The van der Waals surface area contributed by atoms with Gasteiger partial charge in [0.15, 0.2) is 0 Å². The van der Waals surface area contributed by atoms with Crippen molar-refractivity contribution in [2.45, 2.75) is 20.4 Å². The van der Waals surface area contributed by atoms with Gasteiger partial charge in [-0.1, -0.05) is 0 Å². The number of carbonyl (C=O) groups is 1. The SMILES string of the molecule is Cc1ccc([N+](=O)[O-])c(NCc2cc(C(=O)O)c(C)o2)n1. The van der Waals surface area contributed by atoms with Crippen LogP contribution < -0.4 is 5.32 Å². The Kier molecular flexibility index (Phi) is 3.88. The van der Waals surface area contributed by atoms with E-state index in [4.69, 9.17) is 9.52 Å². The molecule has 2 rings (SSSR count). The molecule has 110 valence electrons. The van der Waals surface area contributed by atoms with E-state index >= 15 is 0 Å². The first-order chi connectivity index (χ1) is 9.88. The van der Waals surface area contributed by atoms with Gasteiger partial charge < -0.3 is 14.8 Å². The molecule has 8 nitrogen and oxygen atoms in total. The summed E-state index contributed by atoms with van der Waals surface area (Å²) in [5.74, 6) is -0.318. The summed E-state index contributed by atoms with van der Waals surface area (Å²) >= 11 is 0. The van der Waals surface area contributed by atoms with E-state index in [1.54, 1.807) is 19.9 Å². The average molecular weight is 291 g/mol. The number of aryl methyl sites for hydroxylation is 2. The van der Waals surface area contributed by atoms with Crippen molar-refractivity contribution in [2.75, 3.05) is 5.32 Å². The molecule has 2 aromatic rings. The first-order valence-corrected chi connectivity index (χ1v) is 6.07. The van der Waals surface area contributed by atoms with E-state index in [1.807, 2.05) is 0 Å². The minimum atomic E-state index is -1.08. The van der Waals surface area contributed by atoms with Gasteiger partial charge in [0, 0.05) is 11.8 Å². The molecule has 2 heterocycles. The molecule has 0 saturated heterocycles. The number of nitrogens with zero attached hydrogens (tertiary/aromatic N) is 2. The lowest BCUT2D eigenvalue weighted by Crippen LogP contribution is -2.05. The third-order valence-corrected chi connectivity index (χ3v) is 2.84. The zero-order chi connectivity index (χ0) is 15.6. The number of carboxylic acids is 1. The number of rotatable bonds is 5. The lowest BCUT2D eigenvalue weighted by atomic mass is 10.2. The number of furan rings is 1. The number of nitro groups is 1. The molecule has 0 saturated carbocycles. The van der Waals surface area contributed by atoms with Crippen molar-refractivity contribution in [3.8, 4) is 0 Å². The standard InChI is InChI=1S/C13H13N3O5/c1-7-3-4-11(16(19)20)12(15-7)14-6-9-5-10(13(17)18)8(2)21-9/h3-5H,6H2,1-2H3,(H,14,15)(H,17,18). The second kappa shape index (κ2) is 5.61. The van der Waals surface area contributed by atoms with Crippen LogP contribution in [0.1, 0.15) is 27.6 Å². The van der Waals surface area contributed by atoms with Crippen LogP contribution in [0.4, 0.5) is 11.5 Å². The van der Waals surface area contributed by atoms with E-state index in [0.29, 0.717) is 11.5 Å². The minimum Gasteiger partial charge on any atom is -0.478 e. The van der Waals surface area contributed by atoms with Crippen molar-refractivity contribution in [3.63, 3.8) is 0 Å². The highest BCUT2D eigenvalue weighted by Crippen LogP contribution is 2.23. The molecule has 0 aliphatic heterocycles.